The van der Waals surface area contributed by atoms with Crippen LogP contribution in [0, 0.1) is 0 Å². The summed E-state index contributed by atoms with van der Waals surface area (Å²) in [7, 11) is 5.38. The van der Waals surface area contributed by atoms with Crippen molar-refractivity contribution in [2.45, 2.75) is 0 Å². The van der Waals surface area contributed by atoms with Gasteiger partial charge >= 0.3 is 0 Å². The summed E-state index contributed by atoms with van der Waals surface area (Å²) < 4.78 is 12.9. The minimum absolute atomic E-state index is 0.517. The van der Waals surface area contributed by atoms with Crippen molar-refractivity contribution in [2.24, 2.45) is 0 Å². The fraction of sp³-hybridized carbons (Fsp3) is 0.393. The Labute approximate surface area is 233 Å². The Kier molecular flexibility index (Phi) is 7.05. The first kappa shape index (κ1) is 25.5. The van der Waals surface area contributed by atoms with Crippen LogP contribution in [0.5, 0.6) is 11.5 Å². The molecule has 2 saturated heterocycles. The first-order valence-corrected chi connectivity index (χ1v) is 13.6. The van der Waals surface area contributed by atoms with Crippen LogP contribution in [-0.2, 0) is 0 Å². The van der Waals surface area contributed by atoms with Gasteiger partial charge in [0, 0.05) is 94.3 Å². The largest absolute Gasteiger partial charge is 0.496 e. The maximum Gasteiger partial charge on any atom is 0.227 e. The molecule has 39 heavy (non-hydrogen) atoms. The Morgan fingerprint density at radius 2 is 1.51 bits per heavy atom. The van der Waals surface area contributed by atoms with E-state index < -0.39 is 0 Å². The minimum Gasteiger partial charge on any atom is -0.496 e. The molecular weight excluding hydrogens is 516 g/mol. The summed E-state index contributed by atoms with van der Waals surface area (Å²) in [4.78, 5) is 23.7. The lowest BCUT2D eigenvalue weighted by Gasteiger charge is -2.37. The van der Waals surface area contributed by atoms with Crippen LogP contribution in [0.15, 0.2) is 48.9 Å². The number of benzene rings is 1. The van der Waals surface area contributed by atoms with Gasteiger partial charge in [-0.05, 0) is 25.2 Å². The molecule has 5 heterocycles. The number of rotatable bonds is 6. The third-order valence-electron chi connectivity index (χ3n) is 7.58. The van der Waals surface area contributed by atoms with Gasteiger partial charge < -0.3 is 33.5 Å². The van der Waals surface area contributed by atoms with Gasteiger partial charge in [0.25, 0.3) is 0 Å². The number of ether oxygens (including phenoxy) is 2. The highest BCUT2D eigenvalue weighted by Gasteiger charge is 2.22. The van der Waals surface area contributed by atoms with Gasteiger partial charge in [-0.2, -0.15) is 4.98 Å². The smallest absolute Gasteiger partial charge is 0.227 e. The topological polar surface area (TPSA) is 74.5 Å². The van der Waals surface area contributed by atoms with Crippen LogP contribution in [0.4, 0.5) is 17.5 Å². The van der Waals surface area contributed by atoms with Crippen LogP contribution in [0.1, 0.15) is 0 Å². The Balaban J connectivity index is 1.16. The van der Waals surface area contributed by atoms with E-state index in [1.807, 2.05) is 28.9 Å². The molecule has 10 nitrogen and oxygen atoms in total. The minimum atomic E-state index is 0.517. The molecule has 6 rings (SSSR count). The molecule has 204 valence electrons. The average molecular weight is 549 g/mol. The summed E-state index contributed by atoms with van der Waals surface area (Å²) in [5.74, 6) is 3.06. The van der Waals surface area contributed by atoms with Gasteiger partial charge in [-0.3, -0.25) is 0 Å². The summed E-state index contributed by atoms with van der Waals surface area (Å²) in [6, 6.07) is 9.92. The van der Waals surface area contributed by atoms with Crippen LogP contribution < -0.4 is 24.2 Å². The lowest BCUT2D eigenvalue weighted by molar-refractivity contribution is 0.311. The number of piperazine rings is 2. The second-order valence-electron chi connectivity index (χ2n) is 9.94. The Hall–Kier alpha value is -3.76. The summed E-state index contributed by atoms with van der Waals surface area (Å²) in [6.07, 6.45) is 5.93. The Morgan fingerprint density at radius 1 is 0.795 bits per heavy atom. The molecule has 0 aliphatic carbocycles. The van der Waals surface area contributed by atoms with E-state index in [1.54, 1.807) is 20.3 Å². The molecule has 3 aromatic heterocycles. The second kappa shape index (κ2) is 10.8. The maximum atomic E-state index is 6.41. The monoisotopic (exact) mass is 548 g/mol. The van der Waals surface area contributed by atoms with E-state index >= 15 is 0 Å². The zero-order chi connectivity index (χ0) is 26.9. The highest BCUT2D eigenvalue weighted by molar-refractivity contribution is 6.32. The summed E-state index contributed by atoms with van der Waals surface area (Å²) in [5, 5.41) is 0.517. The normalized spacial score (nSPS) is 16.7. The van der Waals surface area contributed by atoms with Crippen LogP contribution in [0.2, 0.25) is 5.02 Å². The molecule has 0 radical (unpaired) electrons. The van der Waals surface area contributed by atoms with Crippen LogP contribution in [0.25, 0.3) is 16.9 Å². The van der Waals surface area contributed by atoms with Crippen LogP contribution in [-0.4, -0.2) is 97.9 Å². The first-order chi connectivity index (χ1) is 19.0. The summed E-state index contributed by atoms with van der Waals surface area (Å²) >= 11 is 6.41. The van der Waals surface area contributed by atoms with Crippen molar-refractivity contribution in [3.05, 3.63) is 53.9 Å². The van der Waals surface area contributed by atoms with Gasteiger partial charge in [-0.15, -0.1) is 0 Å². The van der Waals surface area contributed by atoms with Crippen molar-refractivity contribution in [2.75, 3.05) is 88.3 Å². The average Bonchev–Trinajstić information content (AvgIpc) is 3.41. The van der Waals surface area contributed by atoms with Crippen LogP contribution >= 0.6 is 11.6 Å². The number of likely N-dealkylation sites (N-methyl/N-ethyl adjacent to an activating group) is 1. The number of anilines is 3. The van der Waals surface area contributed by atoms with E-state index in [1.165, 1.54) is 0 Å². The van der Waals surface area contributed by atoms with Gasteiger partial charge in [0.05, 0.1) is 24.9 Å². The van der Waals surface area contributed by atoms with Crippen molar-refractivity contribution >= 4 is 34.7 Å². The number of hydrogen-bond acceptors (Lipinski definition) is 9. The second-order valence-corrected chi connectivity index (χ2v) is 10.4. The quantitative estimate of drug-likeness (QED) is 0.359. The van der Waals surface area contributed by atoms with Gasteiger partial charge in [-0.25, -0.2) is 9.97 Å². The van der Waals surface area contributed by atoms with E-state index in [2.05, 4.69) is 50.0 Å². The molecule has 1 aromatic carbocycles. The summed E-state index contributed by atoms with van der Waals surface area (Å²) in [5.41, 5.74) is 3.63. The zero-order valence-electron chi connectivity index (χ0n) is 22.5. The lowest BCUT2D eigenvalue weighted by atomic mass is 10.1. The number of aromatic nitrogens is 4. The van der Waals surface area contributed by atoms with E-state index in [0.717, 1.165) is 86.7 Å². The van der Waals surface area contributed by atoms with Crippen LogP contribution in [0.3, 0.4) is 0 Å². The Morgan fingerprint density at radius 3 is 2.26 bits per heavy atom. The van der Waals surface area contributed by atoms with Gasteiger partial charge in [-0.1, -0.05) is 11.6 Å². The molecule has 2 aliphatic rings. The zero-order valence-corrected chi connectivity index (χ0v) is 23.3. The first-order valence-electron chi connectivity index (χ1n) is 13.2. The lowest BCUT2D eigenvalue weighted by Crippen LogP contribution is -2.47. The van der Waals surface area contributed by atoms with Crippen molar-refractivity contribution < 1.29 is 9.47 Å². The van der Waals surface area contributed by atoms with E-state index in [4.69, 9.17) is 31.0 Å². The Bertz CT molecular complexity index is 1460. The molecule has 4 aromatic rings. The van der Waals surface area contributed by atoms with Crippen molar-refractivity contribution in [3.8, 4) is 22.8 Å². The number of halogens is 1. The van der Waals surface area contributed by atoms with E-state index in [9.17, 15) is 0 Å². The molecule has 0 atom stereocenters. The third-order valence-corrected chi connectivity index (χ3v) is 7.87. The molecule has 0 unspecified atom stereocenters. The number of methoxy groups -OCH3 is 2. The van der Waals surface area contributed by atoms with Crippen molar-refractivity contribution in [3.63, 3.8) is 0 Å². The molecular formula is C28H33ClN8O2. The predicted molar refractivity (Wildman–Crippen MR) is 155 cm³/mol. The van der Waals surface area contributed by atoms with E-state index in [-0.39, 0.29) is 0 Å². The van der Waals surface area contributed by atoms with Gasteiger partial charge in [0.1, 0.15) is 23.0 Å². The van der Waals surface area contributed by atoms with Gasteiger partial charge in [0.15, 0.2) is 0 Å². The molecule has 0 amide bonds. The fourth-order valence-corrected chi connectivity index (χ4v) is 5.47. The number of hydrogen-bond donors (Lipinski definition) is 0. The van der Waals surface area contributed by atoms with E-state index in [0.29, 0.717) is 16.5 Å². The highest BCUT2D eigenvalue weighted by atomic mass is 35.5. The van der Waals surface area contributed by atoms with Crippen molar-refractivity contribution in [1.82, 2.24) is 24.3 Å². The van der Waals surface area contributed by atoms with Gasteiger partial charge in [0.2, 0.25) is 5.95 Å². The molecule has 2 aliphatic heterocycles. The molecule has 11 heteroatoms. The fourth-order valence-electron chi connectivity index (χ4n) is 5.23. The maximum absolute atomic E-state index is 6.41. The molecule has 0 N–H and O–H groups in total. The molecule has 0 spiro atoms. The summed E-state index contributed by atoms with van der Waals surface area (Å²) in [6.45, 7) is 7.59. The predicted octanol–water partition coefficient (Wildman–Crippen LogP) is 3.54. The highest BCUT2D eigenvalue weighted by Crippen LogP contribution is 2.38. The SMILES string of the molecule is COc1cc(OC)c(-c2cn3ccc(N4CCN(c5ccnc(N6CCN(C)CC6)n5)CC4)cc3n2)cc1Cl. The molecule has 0 saturated carbocycles. The molecule has 2 fully saturated rings. The number of imidazole rings is 1. The number of nitrogens with zero attached hydrogens (tertiary/aromatic N) is 8. The molecule has 0 bridgehead atoms. The third kappa shape index (κ3) is 5.14. The standard InChI is InChI=1S/C28H33ClN8O2/c1-33-8-10-36(11-9-33)28-30-6-4-26(32-28)35-14-12-34(13-15-35)20-5-7-37-19-23(31-27(37)16-20)21-17-22(29)25(39-3)18-24(21)38-2/h4-7,16-19H,8-15H2,1-3H3. The number of pyridine rings is 1. The number of fused-ring (bicyclic) bond motifs is 1. The van der Waals surface area contributed by atoms with Crippen molar-refractivity contribution in [1.29, 1.82) is 0 Å².